The lowest BCUT2D eigenvalue weighted by molar-refractivity contribution is -0.384. The van der Waals surface area contributed by atoms with Crippen LogP contribution in [0, 0.1) is 10.1 Å². The van der Waals surface area contributed by atoms with E-state index in [1.807, 2.05) is 24.3 Å². The summed E-state index contributed by atoms with van der Waals surface area (Å²) in [6.45, 7) is 0. The van der Waals surface area contributed by atoms with Crippen LogP contribution in [0.15, 0.2) is 58.5 Å². The van der Waals surface area contributed by atoms with E-state index in [1.165, 1.54) is 36.0 Å². The molecule has 3 rings (SSSR count). The molecule has 0 radical (unpaired) electrons. The number of non-ortho nitro benzene ring substituents is 1. The molecule has 144 valence electrons. The zero-order chi connectivity index (χ0) is 20.1. The van der Waals surface area contributed by atoms with Crippen LogP contribution in [0.4, 0.5) is 17.2 Å². The minimum atomic E-state index is -0.564. The average molecular weight is 400 g/mol. The van der Waals surface area contributed by atoms with Crippen molar-refractivity contribution in [2.24, 2.45) is 0 Å². The molecule has 0 fully saturated rings. The van der Waals surface area contributed by atoms with Crippen LogP contribution in [-0.4, -0.2) is 26.9 Å². The maximum Gasteiger partial charge on any atom is 0.315 e. The Hall–Kier alpha value is -3.60. The number of methoxy groups -OCH3 is 1. The molecule has 0 aliphatic rings. The number of nitrogens with two attached hydrogens (primary N) is 1. The van der Waals surface area contributed by atoms with Gasteiger partial charge in [0.15, 0.2) is 0 Å². The molecule has 11 heteroatoms. The van der Waals surface area contributed by atoms with E-state index >= 15 is 0 Å². The molecule has 3 N–H and O–H groups in total. The highest BCUT2D eigenvalue weighted by Gasteiger charge is 2.12. The number of rotatable bonds is 7. The molecule has 3 aromatic rings. The smallest absolute Gasteiger partial charge is 0.315 e. The van der Waals surface area contributed by atoms with Crippen molar-refractivity contribution in [1.82, 2.24) is 14.9 Å². The number of ether oxygens (including phenoxy) is 1. The summed E-state index contributed by atoms with van der Waals surface area (Å²) in [4.78, 5) is 22.6. The molecule has 0 saturated carbocycles. The Morgan fingerprint density at radius 2 is 1.86 bits per heavy atom. The molecule has 0 unspecified atom stereocenters. The van der Waals surface area contributed by atoms with Crippen molar-refractivity contribution < 1.29 is 9.66 Å². The topological polar surface area (TPSA) is 138 Å². The second-order valence-corrected chi connectivity index (χ2v) is 6.51. The van der Waals surface area contributed by atoms with Crippen LogP contribution < -0.4 is 21.5 Å². The van der Waals surface area contributed by atoms with Crippen LogP contribution >= 0.6 is 11.8 Å². The average Bonchev–Trinajstić information content (AvgIpc) is 2.71. The number of hydrogen-bond donors (Lipinski definition) is 2. The normalized spacial score (nSPS) is 10.5. The number of nitrogen functional groups attached to an aromatic ring is 1. The fourth-order valence-electron chi connectivity index (χ4n) is 2.23. The van der Waals surface area contributed by atoms with Crippen LogP contribution in [0.1, 0.15) is 5.56 Å². The molecule has 0 atom stereocenters. The third kappa shape index (κ3) is 4.38. The number of benzene rings is 2. The highest BCUT2D eigenvalue weighted by atomic mass is 32.2. The summed E-state index contributed by atoms with van der Waals surface area (Å²) in [6, 6.07) is 13.1. The van der Waals surface area contributed by atoms with E-state index in [0.717, 1.165) is 16.0 Å². The number of anilines is 2. The van der Waals surface area contributed by atoms with E-state index in [9.17, 15) is 14.9 Å². The molecular weight excluding hydrogens is 384 g/mol. The summed E-state index contributed by atoms with van der Waals surface area (Å²) < 4.78 is 6.02. The zero-order valence-electron chi connectivity index (χ0n) is 14.7. The maximum atomic E-state index is 12.4. The standard InChI is InChI=1S/C17H16N6O4S/c1-27-14-8-2-11(3-9-14)10-28-17-21-20-15(16(24)22(17)18)19-12-4-6-13(7-5-12)23(25)26/h2-9H,10,18H2,1H3,(H,19,20). The number of thioether (sulfide) groups is 1. The maximum absolute atomic E-state index is 12.4. The molecule has 0 saturated heterocycles. The third-order valence-electron chi connectivity index (χ3n) is 3.73. The summed E-state index contributed by atoms with van der Waals surface area (Å²) in [5.41, 5.74) is 0.840. The van der Waals surface area contributed by atoms with Crippen molar-refractivity contribution in [1.29, 1.82) is 0 Å². The van der Waals surface area contributed by atoms with Gasteiger partial charge in [-0.3, -0.25) is 14.9 Å². The number of aromatic nitrogens is 3. The second kappa shape index (κ2) is 8.39. The van der Waals surface area contributed by atoms with Crippen molar-refractivity contribution in [3.05, 3.63) is 74.6 Å². The van der Waals surface area contributed by atoms with Gasteiger partial charge in [0.25, 0.3) is 5.69 Å². The zero-order valence-corrected chi connectivity index (χ0v) is 15.5. The van der Waals surface area contributed by atoms with Gasteiger partial charge in [-0.05, 0) is 29.8 Å². The van der Waals surface area contributed by atoms with Crippen molar-refractivity contribution in [2.45, 2.75) is 10.9 Å². The Kier molecular flexibility index (Phi) is 5.75. The van der Waals surface area contributed by atoms with Crippen molar-refractivity contribution in [3.8, 4) is 5.75 Å². The molecule has 10 nitrogen and oxygen atoms in total. The van der Waals surface area contributed by atoms with Gasteiger partial charge in [0.2, 0.25) is 11.0 Å². The van der Waals surface area contributed by atoms with Crippen LogP contribution in [-0.2, 0) is 5.75 Å². The summed E-state index contributed by atoms with van der Waals surface area (Å²) in [6.07, 6.45) is 0. The fraction of sp³-hybridized carbons (Fsp3) is 0.118. The molecular formula is C17H16N6O4S. The van der Waals surface area contributed by atoms with Crippen LogP contribution in [0.3, 0.4) is 0 Å². The first-order valence-corrected chi connectivity index (χ1v) is 8.98. The van der Waals surface area contributed by atoms with Gasteiger partial charge in [-0.2, -0.15) is 4.68 Å². The minimum Gasteiger partial charge on any atom is -0.497 e. The summed E-state index contributed by atoms with van der Waals surface area (Å²) in [5, 5.41) is 21.6. The largest absolute Gasteiger partial charge is 0.497 e. The molecule has 2 aromatic carbocycles. The SMILES string of the molecule is COc1ccc(CSc2nnc(Nc3ccc([N+](=O)[O-])cc3)c(=O)n2N)cc1. The predicted octanol–water partition coefficient (Wildman–Crippen LogP) is 2.30. The van der Waals surface area contributed by atoms with E-state index in [0.29, 0.717) is 11.4 Å². The monoisotopic (exact) mass is 400 g/mol. The van der Waals surface area contributed by atoms with Crippen molar-refractivity contribution in [3.63, 3.8) is 0 Å². The van der Waals surface area contributed by atoms with E-state index < -0.39 is 10.5 Å². The molecule has 0 aliphatic carbocycles. The summed E-state index contributed by atoms with van der Waals surface area (Å²) in [7, 11) is 1.60. The first-order chi connectivity index (χ1) is 13.5. The number of nitrogens with one attached hydrogen (secondary N) is 1. The van der Waals surface area contributed by atoms with Crippen molar-refractivity contribution in [2.75, 3.05) is 18.3 Å². The Balaban J connectivity index is 1.71. The van der Waals surface area contributed by atoms with Crippen LogP contribution in [0.2, 0.25) is 0 Å². The highest BCUT2D eigenvalue weighted by molar-refractivity contribution is 7.98. The molecule has 1 heterocycles. The molecule has 0 spiro atoms. The number of hydrogen-bond acceptors (Lipinski definition) is 9. The Morgan fingerprint density at radius 3 is 2.46 bits per heavy atom. The molecule has 1 aromatic heterocycles. The van der Waals surface area contributed by atoms with E-state index in [-0.39, 0.29) is 16.7 Å². The van der Waals surface area contributed by atoms with Gasteiger partial charge in [0, 0.05) is 23.6 Å². The second-order valence-electron chi connectivity index (χ2n) is 5.57. The Morgan fingerprint density at radius 1 is 1.18 bits per heavy atom. The fourth-order valence-corrected chi connectivity index (χ4v) is 3.04. The lowest BCUT2D eigenvalue weighted by atomic mass is 10.2. The van der Waals surface area contributed by atoms with Gasteiger partial charge >= 0.3 is 5.56 Å². The first kappa shape index (κ1) is 19.2. The van der Waals surface area contributed by atoms with E-state index in [2.05, 4.69) is 15.5 Å². The number of nitro benzene ring substituents is 1. The predicted molar refractivity (Wildman–Crippen MR) is 105 cm³/mol. The van der Waals surface area contributed by atoms with E-state index in [1.54, 1.807) is 7.11 Å². The quantitative estimate of drug-likeness (QED) is 0.265. The Labute approximate surface area is 163 Å². The van der Waals surface area contributed by atoms with Gasteiger partial charge in [-0.1, -0.05) is 23.9 Å². The lowest BCUT2D eigenvalue weighted by Crippen LogP contribution is -2.32. The first-order valence-electron chi connectivity index (χ1n) is 8.00. The highest BCUT2D eigenvalue weighted by Crippen LogP contribution is 2.21. The van der Waals surface area contributed by atoms with Crippen LogP contribution in [0.5, 0.6) is 5.75 Å². The van der Waals surface area contributed by atoms with Gasteiger partial charge in [0.1, 0.15) is 5.75 Å². The van der Waals surface area contributed by atoms with Gasteiger partial charge in [0.05, 0.1) is 12.0 Å². The van der Waals surface area contributed by atoms with Gasteiger partial charge in [-0.25, -0.2) is 0 Å². The number of nitrogens with zero attached hydrogens (tertiary/aromatic N) is 4. The molecule has 0 amide bonds. The number of nitro groups is 1. The van der Waals surface area contributed by atoms with Gasteiger partial charge < -0.3 is 15.9 Å². The summed E-state index contributed by atoms with van der Waals surface area (Å²) >= 11 is 1.27. The molecule has 28 heavy (non-hydrogen) atoms. The lowest BCUT2D eigenvalue weighted by Gasteiger charge is -2.09. The van der Waals surface area contributed by atoms with Crippen LogP contribution in [0.25, 0.3) is 0 Å². The van der Waals surface area contributed by atoms with E-state index in [4.69, 9.17) is 10.6 Å². The summed E-state index contributed by atoms with van der Waals surface area (Å²) in [5.74, 6) is 7.07. The molecule has 0 aliphatic heterocycles. The third-order valence-corrected chi connectivity index (χ3v) is 4.75. The minimum absolute atomic E-state index is 0.0573. The molecule has 0 bridgehead atoms. The van der Waals surface area contributed by atoms with Gasteiger partial charge in [-0.15, -0.1) is 10.2 Å². The Bertz CT molecular complexity index is 1040. The van der Waals surface area contributed by atoms with Crippen molar-refractivity contribution >= 4 is 29.0 Å².